The number of amides is 1. The van der Waals surface area contributed by atoms with E-state index in [1.807, 2.05) is 36.4 Å². The second-order valence-corrected chi connectivity index (χ2v) is 10.9. The molecular formula is C28H33FN10OS. The maximum atomic E-state index is 12.4. The van der Waals surface area contributed by atoms with Crippen molar-refractivity contribution in [1.82, 2.24) is 38.4 Å². The van der Waals surface area contributed by atoms with E-state index < -0.39 is 5.95 Å². The Kier molecular flexibility index (Phi) is 8.95. The molecule has 11 nitrogen and oxygen atoms in total. The number of nitrogens with zero attached hydrogens (tertiary/aromatic N) is 8. The lowest BCUT2D eigenvalue weighted by Crippen LogP contribution is -2.33. The lowest BCUT2D eigenvalue weighted by atomic mass is 10.0. The Hall–Kier alpha value is -4.23. The highest BCUT2D eigenvalue weighted by Crippen LogP contribution is 2.28. The molecule has 1 aliphatic rings. The number of fused-ring (bicyclic) bond motifs is 1. The summed E-state index contributed by atoms with van der Waals surface area (Å²) >= 11 is 1.48. The van der Waals surface area contributed by atoms with E-state index in [2.05, 4.69) is 59.3 Å². The number of carbonyl (C=O) groups is 1. The van der Waals surface area contributed by atoms with E-state index in [0.29, 0.717) is 6.41 Å². The minimum Gasteiger partial charge on any atom is -0.328 e. The van der Waals surface area contributed by atoms with Crippen LogP contribution in [0.25, 0.3) is 16.9 Å². The van der Waals surface area contributed by atoms with Gasteiger partial charge in [0, 0.05) is 43.8 Å². The molecule has 0 aliphatic carbocycles. The van der Waals surface area contributed by atoms with E-state index in [-0.39, 0.29) is 5.69 Å². The largest absolute Gasteiger partial charge is 0.328 e. The molecule has 0 spiro atoms. The minimum atomic E-state index is -0.672. The second kappa shape index (κ2) is 13.0. The third kappa shape index (κ3) is 6.92. The molecule has 1 saturated heterocycles. The predicted octanol–water partition coefficient (Wildman–Crippen LogP) is 5.14. The SMILES string of the molecule is CCn1cc(-c2cnc3c(Nc4cc(CN5CCCC(C)C5)ns4)nc(C)cn23)cn1.O=CNc1cccnc1F. The molecular weight excluding hydrogens is 543 g/mol. The first-order valence-electron chi connectivity index (χ1n) is 13.6. The maximum absolute atomic E-state index is 12.4. The van der Waals surface area contributed by atoms with Crippen LogP contribution in [0.2, 0.25) is 0 Å². The highest BCUT2D eigenvalue weighted by atomic mass is 32.1. The summed E-state index contributed by atoms with van der Waals surface area (Å²) < 4.78 is 21.1. The van der Waals surface area contributed by atoms with Crippen molar-refractivity contribution in [3.05, 3.63) is 66.5 Å². The van der Waals surface area contributed by atoms with Crippen LogP contribution in [0.4, 0.5) is 20.9 Å². The fourth-order valence-electron chi connectivity index (χ4n) is 4.85. The topological polar surface area (TPSA) is 118 Å². The molecule has 0 radical (unpaired) electrons. The van der Waals surface area contributed by atoms with Gasteiger partial charge in [-0.15, -0.1) is 0 Å². The van der Waals surface area contributed by atoms with E-state index in [9.17, 15) is 9.18 Å². The van der Waals surface area contributed by atoms with Crippen LogP contribution < -0.4 is 10.6 Å². The van der Waals surface area contributed by atoms with Gasteiger partial charge in [0.15, 0.2) is 11.5 Å². The molecule has 1 aliphatic heterocycles. The second-order valence-electron chi connectivity index (χ2n) is 10.0. The average Bonchev–Trinajstić information content (AvgIpc) is 3.70. The Bertz CT molecular complexity index is 1610. The monoisotopic (exact) mass is 576 g/mol. The van der Waals surface area contributed by atoms with E-state index in [0.717, 1.165) is 71.2 Å². The van der Waals surface area contributed by atoms with Crippen LogP contribution in [0, 0.1) is 18.8 Å². The van der Waals surface area contributed by atoms with Crippen LogP contribution in [0.1, 0.15) is 38.1 Å². The number of hydrogen-bond acceptors (Lipinski definition) is 9. The van der Waals surface area contributed by atoms with Crippen molar-refractivity contribution in [3.8, 4) is 11.3 Å². The van der Waals surface area contributed by atoms with Crippen molar-refractivity contribution in [3.63, 3.8) is 0 Å². The van der Waals surface area contributed by atoms with Crippen LogP contribution in [-0.2, 0) is 17.9 Å². The van der Waals surface area contributed by atoms with Gasteiger partial charge in [-0.25, -0.2) is 15.0 Å². The van der Waals surface area contributed by atoms with Gasteiger partial charge in [-0.3, -0.25) is 18.8 Å². The fourth-order valence-corrected chi connectivity index (χ4v) is 5.51. The summed E-state index contributed by atoms with van der Waals surface area (Å²) in [7, 11) is 0. The van der Waals surface area contributed by atoms with Crippen LogP contribution in [0.5, 0.6) is 0 Å². The molecule has 0 bridgehead atoms. The lowest BCUT2D eigenvalue weighted by Gasteiger charge is -2.30. The van der Waals surface area contributed by atoms with Gasteiger partial charge in [0.1, 0.15) is 5.00 Å². The molecule has 1 atom stereocenters. The van der Waals surface area contributed by atoms with Crippen molar-refractivity contribution in [2.24, 2.45) is 5.92 Å². The first-order chi connectivity index (χ1) is 19.9. The number of imidazole rings is 1. The third-order valence-electron chi connectivity index (χ3n) is 6.77. The van der Waals surface area contributed by atoms with Crippen molar-refractivity contribution in [1.29, 1.82) is 0 Å². The van der Waals surface area contributed by atoms with Gasteiger partial charge in [-0.1, -0.05) is 6.92 Å². The number of pyridine rings is 1. The van der Waals surface area contributed by atoms with E-state index >= 15 is 0 Å². The Balaban J connectivity index is 0.000000287. The Morgan fingerprint density at radius 2 is 2.12 bits per heavy atom. The number of aryl methyl sites for hydroxylation is 2. The van der Waals surface area contributed by atoms with Crippen molar-refractivity contribution in [2.45, 2.75) is 46.7 Å². The van der Waals surface area contributed by atoms with Crippen molar-refractivity contribution < 1.29 is 9.18 Å². The smallest absolute Gasteiger partial charge is 0.236 e. The number of carbonyl (C=O) groups excluding carboxylic acids is 1. The zero-order chi connectivity index (χ0) is 28.8. The van der Waals surface area contributed by atoms with Gasteiger partial charge < -0.3 is 10.6 Å². The molecule has 6 rings (SSSR count). The molecule has 2 N–H and O–H groups in total. The molecule has 6 heterocycles. The fraction of sp³-hybridized carbons (Fsp3) is 0.357. The summed E-state index contributed by atoms with van der Waals surface area (Å²) in [4.78, 5) is 25.0. The molecule has 5 aromatic heterocycles. The first kappa shape index (κ1) is 28.3. The van der Waals surface area contributed by atoms with Gasteiger partial charge in [0.25, 0.3) is 0 Å². The normalized spacial score (nSPS) is 15.4. The summed E-state index contributed by atoms with van der Waals surface area (Å²) in [6, 6.07) is 5.10. The summed E-state index contributed by atoms with van der Waals surface area (Å²) in [5, 5.41) is 11.0. The maximum Gasteiger partial charge on any atom is 0.236 e. The van der Waals surface area contributed by atoms with Crippen LogP contribution in [-0.4, -0.2) is 57.9 Å². The Morgan fingerprint density at radius 1 is 1.24 bits per heavy atom. The molecule has 0 saturated carbocycles. The minimum absolute atomic E-state index is 0.0949. The highest BCUT2D eigenvalue weighted by Gasteiger charge is 2.18. The summed E-state index contributed by atoms with van der Waals surface area (Å²) in [6.45, 7) is 10.5. The molecule has 41 heavy (non-hydrogen) atoms. The molecule has 0 aromatic carbocycles. The number of likely N-dealkylation sites (tertiary alicyclic amines) is 1. The molecule has 1 fully saturated rings. The van der Waals surface area contributed by atoms with Crippen LogP contribution >= 0.6 is 11.5 Å². The zero-order valence-electron chi connectivity index (χ0n) is 23.3. The number of anilines is 3. The van der Waals surface area contributed by atoms with Crippen molar-refractivity contribution >= 4 is 40.1 Å². The molecule has 5 aromatic rings. The third-order valence-corrected chi connectivity index (χ3v) is 7.51. The van der Waals surface area contributed by atoms with Gasteiger partial charge in [-0.2, -0.15) is 13.9 Å². The van der Waals surface area contributed by atoms with Gasteiger partial charge >= 0.3 is 0 Å². The number of halogens is 1. The number of aromatic nitrogens is 7. The molecule has 214 valence electrons. The molecule has 1 amide bonds. The standard InChI is InChI=1S/C22H28N8S.C6H5FN2O/c1-4-29-13-17(9-24-29)19-10-23-22-21(25-16(3)12-30(19)22)26-20-8-18(27-31-20)14-28-7-5-6-15(2)11-28;7-6-5(9-4-10)2-1-3-8-6/h8-10,12-13,15H,4-7,11,14H2,1-3H3,(H,25,26);1-4H,(H,9,10). The summed E-state index contributed by atoms with van der Waals surface area (Å²) in [6.07, 6.45) is 12.2. The lowest BCUT2D eigenvalue weighted by molar-refractivity contribution is -0.105. The zero-order valence-corrected chi connectivity index (χ0v) is 24.1. The first-order valence-corrected chi connectivity index (χ1v) is 14.3. The van der Waals surface area contributed by atoms with Gasteiger partial charge in [0.05, 0.1) is 35.2 Å². The van der Waals surface area contributed by atoms with Crippen LogP contribution in [0.3, 0.4) is 0 Å². The Labute approximate surface area is 241 Å². The van der Waals surface area contributed by atoms with Crippen molar-refractivity contribution in [2.75, 3.05) is 23.7 Å². The predicted molar refractivity (Wildman–Crippen MR) is 158 cm³/mol. The molecule has 13 heteroatoms. The quantitative estimate of drug-likeness (QED) is 0.193. The number of hydrogen-bond donors (Lipinski definition) is 2. The number of piperidine rings is 1. The average molecular weight is 577 g/mol. The Morgan fingerprint density at radius 3 is 2.88 bits per heavy atom. The van der Waals surface area contributed by atoms with E-state index in [4.69, 9.17) is 4.98 Å². The van der Waals surface area contributed by atoms with Gasteiger partial charge in [0.2, 0.25) is 12.4 Å². The molecule has 1 unspecified atom stereocenters. The summed E-state index contributed by atoms with van der Waals surface area (Å²) in [5.74, 6) is 0.847. The van der Waals surface area contributed by atoms with Crippen LogP contribution in [0.15, 0.2) is 49.2 Å². The number of rotatable bonds is 8. The van der Waals surface area contributed by atoms with E-state index in [1.165, 1.54) is 42.7 Å². The highest BCUT2D eigenvalue weighted by molar-refractivity contribution is 7.10. The summed E-state index contributed by atoms with van der Waals surface area (Å²) in [5.41, 5.74) is 4.97. The number of nitrogens with one attached hydrogen (secondary N) is 2. The van der Waals surface area contributed by atoms with E-state index in [1.54, 1.807) is 0 Å². The van der Waals surface area contributed by atoms with Gasteiger partial charge in [-0.05, 0) is 68.9 Å².